The Balaban J connectivity index is 2.29. The average molecular weight is 308 g/mol. The van der Waals surface area contributed by atoms with E-state index in [0.717, 1.165) is 30.6 Å². The molecule has 0 amide bonds. The summed E-state index contributed by atoms with van der Waals surface area (Å²) in [6.45, 7) is 4.04. The summed E-state index contributed by atoms with van der Waals surface area (Å²) < 4.78 is 0. The first-order valence-electron chi connectivity index (χ1n) is 8.20. The molecule has 0 saturated heterocycles. The molecule has 21 heavy (non-hydrogen) atoms. The lowest BCUT2D eigenvalue weighted by Gasteiger charge is -2.46. The zero-order valence-electron chi connectivity index (χ0n) is 13.2. The highest BCUT2D eigenvalue weighted by atomic mass is 32.2. The van der Waals surface area contributed by atoms with Crippen LogP contribution in [0.5, 0.6) is 0 Å². The molecule has 1 aromatic carbocycles. The summed E-state index contributed by atoms with van der Waals surface area (Å²) in [6, 6.07) is 10.2. The lowest BCUT2D eigenvalue weighted by molar-refractivity contribution is -0.0762. The highest BCUT2D eigenvalue weighted by Gasteiger charge is 2.48. The fraction of sp³-hybridized carbons (Fsp3) is 0.667. The van der Waals surface area contributed by atoms with Gasteiger partial charge >= 0.3 is 0 Å². The maximum atomic E-state index is 11.2. The largest absolute Gasteiger partial charge is 0.389 e. The van der Waals surface area contributed by atoms with Crippen LogP contribution in [0, 0.1) is 0 Å². The van der Waals surface area contributed by atoms with Gasteiger partial charge in [-0.3, -0.25) is 0 Å². The second kappa shape index (κ2) is 7.17. The first kappa shape index (κ1) is 16.9. The Morgan fingerprint density at radius 1 is 1.10 bits per heavy atom. The second-order valence-corrected chi connectivity index (χ2v) is 7.46. The summed E-state index contributed by atoms with van der Waals surface area (Å²) in [7, 11) is 0. The number of hydrogen-bond donors (Lipinski definition) is 2. The van der Waals surface area contributed by atoms with Crippen molar-refractivity contribution in [2.24, 2.45) is 0 Å². The SMILES string of the molecule is CCC(O)(CC)C(Sc1ccccc1)C1(O)CCCCC1. The summed E-state index contributed by atoms with van der Waals surface area (Å²) in [5.74, 6) is 0. The molecule has 0 aromatic heterocycles. The third-order valence-corrected chi connectivity index (χ3v) is 6.57. The van der Waals surface area contributed by atoms with Crippen LogP contribution in [0.25, 0.3) is 0 Å². The van der Waals surface area contributed by atoms with Gasteiger partial charge in [0, 0.05) is 4.90 Å². The third-order valence-electron chi connectivity index (χ3n) is 4.92. The Labute approximate surface area is 133 Å². The fourth-order valence-corrected chi connectivity index (χ4v) is 5.00. The average Bonchev–Trinajstić information content (AvgIpc) is 2.53. The van der Waals surface area contributed by atoms with Gasteiger partial charge in [-0.05, 0) is 37.8 Å². The molecular weight excluding hydrogens is 280 g/mol. The topological polar surface area (TPSA) is 40.5 Å². The molecule has 2 N–H and O–H groups in total. The van der Waals surface area contributed by atoms with E-state index in [-0.39, 0.29) is 5.25 Å². The number of rotatable bonds is 6. The zero-order valence-corrected chi connectivity index (χ0v) is 14.0. The van der Waals surface area contributed by atoms with Crippen molar-refractivity contribution in [3.63, 3.8) is 0 Å². The lowest BCUT2D eigenvalue weighted by Crippen LogP contribution is -2.55. The van der Waals surface area contributed by atoms with Gasteiger partial charge in [-0.15, -0.1) is 11.8 Å². The van der Waals surface area contributed by atoms with Crippen LogP contribution in [0.1, 0.15) is 58.8 Å². The van der Waals surface area contributed by atoms with Crippen LogP contribution in [-0.2, 0) is 0 Å². The van der Waals surface area contributed by atoms with Crippen LogP contribution >= 0.6 is 11.8 Å². The van der Waals surface area contributed by atoms with Crippen LogP contribution in [0.3, 0.4) is 0 Å². The maximum absolute atomic E-state index is 11.2. The smallest absolute Gasteiger partial charge is 0.0797 e. The van der Waals surface area contributed by atoms with E-state index < -0.39 is 11.2 Å². The van der Waals surface area contributed by atoms with E-state index in [1.54, 1.807) is 11.8 Å². The monoisotopic (exact) mass is 308 g/mol. The quantitative estimate of drug-likeness (QED) is 0.766. The number of hydrogen-bond acceptors (Lipinski definition) is 3. The molecule has 3 heteroatoms. The molecule has 0 spiro atoms. The predicted octanol–water partition coefficient (Wildman–Crippen LogP) is 4.39. The molecule has 0 heterocycles. The van der Waals surface area contributed by atoms with Crippen molar-refractivity contribution < 1.29 is 10.2 Å². The van der Waals surface area contributed by atoms with Crippen LogP contribution in [0.4, 0.5) is 0 Å². The molecule has 1 aliphatic carbocycles. The number of benzene rings is 1. The van der Waals surface area contributed by atoms with E-state index in [1.807, 2.05) is 32.0 Å². The van der Waals surface area contributed by atoms with Gasteiger partial charge in [0.05, 0.1) is 16.5 Å². The zero-order chi connectivity index (χ0) is 15.3. The summed E-state index contributed by atoms with van der Waals surface area (Å²) in [5, 5.41) is 22.1. The van der Waals surface area contributed by atoms with Crippen LogP contribution in [0.2, 0.25) is 0 Å². The molecular formula is C18H28O2S. The Kier molecular flexibility index (Phi) is 5.75. The van der Waals surface area contributed by atoms with E-state index in [4.69, 9.17) is 0 Å². The summed E-state index contributed by atoms with van der Waals surface area (Å²) in [4.78, 5) is 1.13. The number of thioether (sulfide) groups is 1. The van der Waals surface area contributed by atoms with Crippen LogP contribution < -0.4 is 0 Å². The molecule has 1 unspecified atom stereocenters. The molecule has 1 aromatic rings. The molecule has 0 aliphatic heterocycles. The summed E-state index contributed by atoms with van der Waals surface area (Å²) >= 11 is 1.65. The van der Waals surface area contributed by atoms with E-state index in [9.17, 15) is 10.2 Å². The summed E-state index contributed by atoms with van der Waals surface area (Å²) in [5.41, 5.74) is -1.56. The highest BCUT2D eigenvalue weighted by molar-refractivity contribution is 8.00. The normalized spacial score (nSPS) is 20.2. The molecule has 1 atom stereocenters. The van der Waals surface area contributed by atoms with Gasteiger partial charge in [0.25, 0.3) is 0 Å². The van der Waals surface area contributed by atoms with Gasteiger partial charge in [-0.1, -0.05) is 51.3 Å². The molecule has 1 fully saturated rings. The first-order valence-corrected chi connectivity index (χ1v) is 9.08. The van der Waals surface area contributed by atoms with E-state index in [1.165, 1.54) is 6.42 Å². The minimum Gasteiger partial charge on any atom is -0.389 e. The second-order valence-electron chi connectivity index (χ2n) is 6.29. The Morgan fingerprint density at radius 3 is 2.19 bits per heavy atom. The molecule has 118 valence electrons. The molecule has 0 radical (unpaired) electrons. The minimum absolute atomic E-state index is 0.164. The van der Waals surface area contributed by atoms with Crippen molar-refractivity contribution in [3.8, 4) is 0 Å². The highest BCUT2D eigenvalue weighted by Crippen LogP contribution is 2.46. The van der Waals surface area contributed by atoms with Crippen molar-refractivity contribution in [2.45, 2.75) is 80.1 Å². The molecule has 1 saturated carbocycles. The van der Waals surface area contributed by atoms with Gasteiger partial charge in [0.1, 0.15) is 0 Å². The standard InChI is InChI=1S/C18H28O2S/c1-3-17(19,4-2)16(18(20)13-9-6-10-14-18)21-15-11-7-5-8-12-15/h5,7-8,11-12,16,19-20H,3-4,6,9-10,13-14H2,1-2H3. The Bertz CT molecular complexity index is 422. The lowest BCUT2D eigenvalue weighted by atomic mass is 9.75. The Morgan fingerprint density at radius 2 is 1.67 bits per heavy atom. The van der Waals surface area contributed by atoms with Crippen molar-refractivity contribution in [1.82, 2.24) is 0 Å². The van der Waals surface area contributed by atoms with Crippen molar-refractivity contribution in [2.75, 3.05) is 0 Å². The Hall–Kier alpha value is -0.510. The van der Waals surface area contributed by atoms with Gasteiger partial charge < -0.3 is 10.2 Å². The van der Waals surface area contributed by atoms with Gasteiger partial charge in [0.2, 0.25) is 0 Å². The van der Waals surface area contributed by atoms with E-state index >= 15 is 0 Å². The maximum Gasteiger partial charge on any atom is 0.0797 e. The number of aliphatic hydroxyl groups is 2. The minimum atomic E-state index is -0.813. The van der Waals surface area contributed by atoms with Crippen molar-refractivity contribution in [3.05, 3.63) is 30.3 Å². The van der Waals surface area contributed by atoms with Crippen LogP contribution in [-0.4, -0.2) is 26.7 Å². The summed E-state index contributed by atoms with van der Waals surface area (Å²) in [6.07, 6.45) is 6.28. The van der Waals surface area contributed by atoms with Crippen molar-refractivity contribution in [1.29, 1.82) is 0 Å². The third kappa shape index (κ3) is 3.82. The van der Waals surface area contributed by atoms with Crippen LogP contribution in [0.15, 0.2) is 35.2 Å². The fourth-order valence-electron chi connectivity index (χ4n) is 3.40. The molecule has 0 bridgehead atoms. The van der Waals surface area contributed by atoms with Gasteiger partial charge in [-0.25, -0.2) is 0 Å². The molecule has 2 rings (SSSR count). The van der Waals surface area contributed by atoms with Gasteiger partial charge in [-0.2, -0.15) is 0 Å². The van der Waals surface area contributed by atoms with E-state index in [2.05, 4.69) is 12.1 Å². The predicted molar refractivity (Wildman–Crippen MR) is 89.7 cm³/mol. The molecule has 2 nitrogen and oxygen atoms in total. The molecule has 1 aliphatic rings. The van der Waals surface area contributed by atoms with E-state index in [0.29, 0.717) is 12.8 Å². The first-order chi connectivity index (χ1) is 10.0. The van der Waals surface area contributed by atoms with Gasteiger partial charge in [0.15, 0.2) is 0 Å². The van der Waals surface area contributed by atoms with Crippen molar-refractivity contribution >= 4 is 11.8 Å².